The van der Waals surface area contributed by atoms with Crippen molar-refractivity contribution in [3.05, 3.63) is 22.8 Å². The number of aliphatic hydroxyl groups excluding tert-OH is 1. The Morgan fingerprint density at radius 3 is 2.55 bits per heavy atom. The smallest absolute Gasteiger partial charge is 0.393 e. The molecular formula is C20H25ClF3N3O2. The fraction of sp³-hybridized carbons (Fsp3) is 0.700. The highest BCUT2D eigenvalue weighted by molar-refractivity contribution is 6.33. The van der Waals surface area contributed by atoms with Crippen LogP contribution in [-0.2, 0) is 11.0 Å². The van der Waals surface area contributed by atoms with Gasteiger partial charge in [0.15, 0.2) is 0 Å². The number of hydrogen-bond acceptors (Lipinski definition) is 4. The van der Waals surface area contributed by atoms with Gasteiger partial charge in [0, 0.05) is 31.9 Å². The highest BCUT2D eigenvalue weighted by atomic mass is 35.5. The summed E-state index contributed by atoms with van der Waals surface area (Å²) < 4.78 is 38.7. The Labute approximate surface area is 172 Å². The van der Waals surface area contributed by atoms with Crippen molar-refractivity contribution in [2.45, 2.75) is 63.3 Å². The summed E-state index contributed by atoms with van der Waals surface area (Å²) in [5.74, 6) is 0.442. The van der Waals surface area contributed by atoms with Crippen LogP contribution in [0.15, 0.2) is 12.3 Å². The van der Waals surface area contributed by atoms with Gasteiger partial charge in [0.25, 0.3) is 0 Å². The molecule has 5 nitrogen and oxygen atoms in total. The van der Waals surface area contributed by atoms with Crippen molar-refractivity contribution in [1.82, 2.24) is 9.88 Å². The van der Waals surface area contributed by atoms with Crippen molar-refractivity contribution >= 4 is 23.3 Å². The van der Waals surface area contributed by atoms with Crippen molar-refractivity contribution in [3.63, 3.8) is 0 Å². The second-order valence-electron chi connectivity index (χ2n) is 8.54. The van der Waals surface area contributed by atoms with Crippen LogP contribution in [-0.4, -0.2) is 52.7 Å². The molecule has 3 fully saturated rings. The van der Waals surface area contributed by atoms with Crippen molar-refractivity contribution in [3.8, 4) is 0 Å². The highest BCUT2D eigenvalue weighted by Gasteiger charge is 2.51. The summed E-state index contributed by atoms with van der Waals surface area (Å²) in [6, 6.07) is 1.08. The normalized spacial score (nSPS) is 31.0. The van der Waals surface area contributed by atoms with Gasteiger partial charge in [-0.2, -0.15) is 13.2 Å². The third-order valence-corrected chi connectivity index (χ3v) is 6.96. The van der Waals surface area contributed by atoms with E-state index in [2.05, 4.69) is 4.98 Å². The van der Waals surface area contributed by atoms with Gasteiger partial charge in [0.2, 0.25) is 5.91 Å². The zero-order valence-corrected chi connectivity index (χ0v) is 16.8. The van der Waals surface area contributed by atoms with E-state index < -0.39 is 17.2 Å². The molecule has 3 aliphatic rings. The van der Waals surface area contributed by atoms with Crippen molar-refractivity contribution in [2.75, 3.05) is 24.5 Å². The average molecular weight is 432 g/mol. The highest BCUT2D eigenvalue weighted by Crippen LogP contribution is 2.44. The first-order chi connectivity index (χ1) is 13.7. The number of alkyl halides is 3. The molecule has 9 heteroatoms. The van der Waals surface area contributed by atoms with E-state index in [9.17, 15) is 23.1 Å². The molecule has 0 bridgehead atoms. The van der Waals surface area contributed by atoms with Crippen LogP contribution in [0.4, 0.5) is 19.0 Å². The molecule has 1 spiro atoms. The maximum absolute atomic E-state index is 13.3. The van der Waals surface area contributed by atoms with Crippen LogP contribution in [0.1, 0.15) is 50.5 Å². The van der Waals surface area contributed by atoms with Crippen LogP contribution in [0, 0.1) is 5.41 Å². The lowest BCUT2D eigenvalue weighted by atomic mass is 9.78. The molecule has 1 aliphatic carbocycles. The fourth-order valence-corrected chi connectivity index (χ4v) is 5.36. The summed E-state index contributed by atoms with van der Waals surface area (Å²) >= 11 is 6.14. The molecule has 1 aromatic heterocycles. The minimum Gasteiger partial charge on any atom is -0.393 e. The molecule has 29 heavy (non-hydrogen) atoms. The van der Waals surface area contributed by atoms with Crippen molar-refractivity contribution < 1.29 is 23.1 Å². The molecule has 1 N–H and O–H groups in total. The zero-order valence-electron chi connectivity index (χ0n) is 16.1. The summed E-state index contributed by atoms with van der Waals surface area (Å²) in [5.41, 5.74) is -1.40. The standard InChI is InChI=1S/C20H25ClF3N3O2/c21-16-10-13(20(22,23)24)11-25-17(16)26-8-1-6-19(12-26)7-9-27(18(19)29)14-2-4-15(28)5-3-14/h10-11,14-15,28H,1-9,12H2/t14?,15?,19-/m1/s1. The van der Waals surface area contributed by atoms with E-state index in [0.717, 1.165) is 57.2 Å². The van der Waals surface area contributed by atoms with Crippen LogP contribution in [0.5, 0.6) is 0 Å². The Morgan fingerprint density at radius 1 is 1.17 bits per heavy atom. The molecule has 3 heterocycles. The Morgan fingerprint density at radius 2 is 1.90 bits per heavy atom. The Hall–Kier alpha value is -1.54. The van der Waals surface area contributed by atoms with Gasteiger partial charge in [-0.05, 0) is 51.0 Å². The number of rotatable bonds is 2. The number of amides is 1. The van der Waals surface area contributed by atoms with Gasteiger partial charge in [-0.25, -0.2) is 4.98 Å². The first kappa shape index (κ1) is 20.7. The van der Waals surface area contributed by atoms with Crippen molar-refractivity contribution in [1.29, 1.82) is 0 Å². The van der Waals surface area contributed by atoms with E-state index in [4.69, 9.17) is 11.6 Å². The van der Waals surface area contributed by atoms with Gasteiger partial charge >= 0.3 is 6.18 Å². The molecule has 0 radical (unpaired) electrons. The molecule has 4 rings (SSSR count). The second kappa shape index (κ2) is 7.61. The number of carbonyl (C=O) groups excluding carboxylic acids is 1. The molecule has 0 unspecified atom stereocenters. The molecule has 160 valence electrons. The number of hydrogen-bond donors (Lipinski definition) is 1. The van der Waals surface area contributed by atoms with E-state index in [1.807, 2.05) is 9.80 Å². The van der Waals surface area contributed by atoms with Gasteiger partial charge in [-0.15, -0.1) is 0 Å². The first-order valence-corrected chi connectivity index (χ1v) is 10.5. The summed E-state index contributed by atoms with van der Waals surface area (Å²) in [6.07, 6.45) is 1.39. The predicted molar refractivity (Wildman–Crippen MR) is 103 cm³/mol. The summed E-state index contributed by atoms with van der Waals surface area (Å²) in [6.45, 7) is 1.74. The van der Waals surface area contributed by atoms with E-state index in [0.29, 0.717) is 25.5 Å². The number of piperidine rings is 1. The minimum absolute atomic E-state index is 0.0413. The summed E-state index contributed by atoms with van der Waals surface area (Å²) in [5, 5.41) is 9.69. The van der Waals surface area contributed by atoms with E-state index in [1.54, 1.807) is 0 Å². The monoisotopic (exact) mass is 431 g/mol. The topological polar surface area (TPSA) is 56.7 Å². The Bertz CT molecular complexity index is 783. The van der Waals surface area contributed by atoms with E-state index in [1.165, 1.54) is 0 Å². The quantitative estimate of drug-likeness (QED) is 0.772. The molecule has 1 atom stereocenters. The van der Waals surface area contributed by atoms with Crippen LogP contribution in [0.2, 0.25) is 5.02 Å². The summed E-state index contributed by atoms with van der Waals surface area (Å²) in [4.78, 5) is 21.2. The van der Waals surface area contributed by atoms with Crippen LogP contribution < -0.4 is 4.90 Å². The SMILES string of the molecule is O=C1N(C2CCC(O)CC2)CC[C@@]12CCCN(c1ncc(C(F)(F)F)cc1Cl)C2. The number of anilines is 1. The lowest BCUT2D eigenvalue weighted by molar-refractivity contribution is -0.139. The molecular weight excluding hydrogens is 407 g/mol. The van der Waals surface area contributed by atoms with Gasteiger partial charge in [-0.1, -0.05) is 11.6 Å². The number of aliphatic hydroxyl groups is 1. The van der Waals surface area contributed by atoms with E-state index >= 15 is 0 Å². The van der Waals surface area contributed by atoms with Crippen LogP contribution in [0.3, 0.4) is 0 Å². The average Bonchev–Trinajstić information content (AvgIpc) is 2.97. The maximum Gasteiger partial charge on any atom is 0.417 e. The maximum atomic E-state index is 13.3. The number of pyridine rings is 1. The number of aromatic nitrogens is 1. The first-order valence-electron chi connectivity index (χ1n) is 10.2. The number of nitrogens with zero attached hydrogens (tertiary/aromatic N) is 3. The number of halogens is 4. The molecule has 1 saturated carbocycles. The Balaban J connectivity index is 1.50. The molecule has 2 saturated heterocycles. The number of carbonyl (C=O) groups is 1. The van der Waals surface area contributed by atoms with Crippen LogP contribution in [0.25, 0.3) is 0 Å². The third-order valence-electron chi connectivity index (χ3n) is 6.68. The number of likely N-dealkylation sites (tertiary alicyclic amines) is 1. The van der Waals surface area contributed by atoms with Gasteiger partial charge in [-0.3, -0.25) is 4.79 Å². The molecule has 2 aliphatic heterocycles. The largest absolute Gasteiger partial charge is 0.417 e. The molecule has 1 amide bonds. The van der Waals surface area contributed by atoms with Crippen molar-refractivity contribution in [2.24, 2.45) is 5.41 Å². The zero-order chi connectivity index (χ0) is 20.8. The summed E-state index contributed by atoms with van der Waals surface area (Å²) in [7, 11) is 0. The van der Waals surface area contributed by atoms with E-state index in [-0.39, 0.29) is 23.1 Å². The molecule has 0 aromatic carbocycles. The predicted octanol–water partition coefficient (Wildman–Crippen LogP) is 3.88. The van der Waals surface area contributed by atoms with Gasteiger partial charge in [0.05, 0.1) is 22.1 Å². The molecule has 1 aromatic rings. The Kier molecular flexibility index (Phi) is 5.44. The van der Waals surface area contributed by atoms with Gasteiger partial charge in [0.1, 0.15) is 5.82 Å². The van der Waals surface area contributed by atoms with Gasteiger partial charge < -0.3 is 14.9 Å². The second-order valence-corrected chi connectivity index (χ2v) is 8.95. The fourth-order valence-electron chi connectivity index (χ4n) is 5.08. The third kappa shape index (κ3) is 3.93. The lowest BCUT2D eigenvalue weighted by Crippen LogP contribution is -2.50. The lowest BCUT2D eigenvalue weighted by Gasteiger charge is -2.41. The van der Waals surface area contributed by atoms with Crippen LogP contribution >= 0.6 is 11.6 Å². The minimum atomic E-state index is -4.49.